The highest BCUT2D eigenvalue weighted by molar-refractivity contribution is 7.47. The van der Waals surface area contributed by atoms with Gasteiger partial charge in [-0.25, -0.2) is 9.13 Å². The molecule has 0 fully saturated rings. The molecule has 0 radical (unpaired) electrons. The van der Waals surface area contributed by atoms with Crippen molar-refractivity contribution in [1.29, 1.82) is 0 Å². The number of hydrogen-bond donors (Lipinski definition) is 3. The first-order valence-electron chi connectivity index (χ1n) is 49.4. The minimum absolute atomic E-state index is 0.109. The Labute approximate surface area is 708 Å². The third-order valence-corrected chi connectivity index (χ3v) is 25.3. The van der Waals surface area contributed by atoms with Gasteiger partial charge in [-0.05, 0) is 43.4 Å². The van der Waals surface area contributed by atoms with E-state index in [1.807, 2.05) is 0 Å². The predicted molar refractivity (Wildman–Crippen MR) is 478 cm³/mol. The molecule has 0 spiro atoms. The lowest BCUT2D eigenvalue weighted by Crippen LogP contribution is -2.30. The van der Waals surface area contributed by atoms with Crippen LogP contribution in [-0.2, 0) is 65.4 Å². The molecule has 0 saturated carbocycles. The molecule has 0 aromatic carbocycles. The summed E-state index contributed by atoms with van der Waals surface area (Å²) in [5.41, 5.74) is 0. The van der Waals surface area contributed by atoms with E-state index in [1.165, 1.54) is 327 Å². The van der Waals surface area contributed by atoms with Crippen LogP contribution >= 0.6 is 15.6 Å². The van der Waals surface area contributed by atoms with Gasteiger partial charge in [0.2, 0.25) is 0 Å². The first-order chi connectivity index (χ1) is 55.8. The number of esters is 4. The molecule has 0 aromatic rings. The van der Waals surface area contributed by atoms with Gasteiger partial charge in [-0.1, -0.05) is 466 Å². The molecule has 0 rings (SSSR count). The highest BCUT2D eigenvalue weighted by atomic mass is 31.2. The molecule has 115 heavy (non-hydrogen) atoms. The number of ether oxygens (including phenoxy) is 4. The van der Waals surface area contributed by atoms with Crippen molar-refractivity contribution >= 4 is 39.5 Å². The predicted octanol–water partition coefficient (Wildman–Crippen LogP) is 30.0. The van der Waals surface area contributed by atoms with Gasteiger partial charge in [-0.3, -0.25) is 37.3 Å². The summed E-state index contributed by atoms with van der Waals surface area (Å²) in [6.07, 6.45) is 80.6. The topological polar surface area (TPSA) is 237 Å². The maximum Gasteiger partial charge on any atom is 0.472 e. The molecule has 0 heterocycles. The third-order valence-electron chi connectivity index (χ3n) is 23.4. The van der Waals surface area contributed by atoms with Gasteiger partial charge in [0.15, 0.2) is 12.2 Å². The minimum atomic E-state index is -4.97. The monoisotopic (exact) mass is 1680 g/mol. The molecule has 0 bridgehead atoms. The number of hydrogen-bond acceptors (Lipinski definition) is 15. The van der Waals surface area contributed by atoms with Crippen LogP contribution in [0.1, 0.15) is 517 Å². The summed E-state index contributed by atoms with van der Waals surface area (Å²) < 4.78 is 69.2. The van der Waals surface area contributed by atoms with Crippen LogP contribution in [0.15, 0.2) is 0 Å². The zero-order chi connectivity index (χ0) is 84.3. The maximum atomic E-state index is 13.2. The Balaban J connectivity index is 5.24. The van der Waals surface area contributed by atoms with Gasteiger partial charge in [-0.2, -0.15) is 0 Å². The summed E-state index contributed by atoms with van der Waals surface area (Å²) in [4.78, 5) is 73.6. The molecular formula is C96H188O17P2. The molecule has 17 nitrogen and oxygen atoms in total. The number of carbonyl (C=O) groups is 4. The fourth-order valence-electron chi connectivity index (χ4n) is 15.1. The second kappa shape index (κ2) is 85.6. The molecule has 0 aliphatic carbocycles. The van der Waals surface area contributed by atoms with Crippen LogP contribution in [0.25, 0.3) is 0 Å². The van der Waals surface area contributed by atoms with E-state index in [0.717, 1.165) is 108 Å². The van der Waals surface area contributed by atoms with Crippen molar-refractivity contribution in [1.82, 2.24) is 0 Å². The van der Waals surface area contributed by atoms with Crippen molar-refractivity contribution in [3.8, 4) is 0 Å². The Morgan fingerprint density at radius 2 is 0.443 bits per heavy atom. The first kappa shape index (κ1) is 113. The lowest BCUT2D eigenvalue weighted by atomic mass is 9.99. The Kier molecular flexibility index (Phi) is 84.2. The van der Waals surface area contributed by atoms with Crippen molar-refractivity contribution < 1.29 is 80.2 Å². The number of phosphoric ester groups is 2. The number of carbonyl (C=O) groups excluding carboxylic acids is 4. The van der Waals surface area contributed by atoms with Crippen LogP contribution in [-0.4, -0.2) is 96.7 Å². The first-order valence-corrected chi connectivity index (χ1v) is 52.4. The molecule has 0 aromatic heterocycles. The number of aliphatic hydroxyl groups is 1. The average Bonchev–Trinajstić information content (AvgIpc) is 0.896. The summed E-state index contributed by atoms with van der Waals surface area (Å²) in [6, 6.07) is 0. The highest BCUT2D eigenvalue weighted by Gasteiger charge is 2.31. The SMILES string of the molecule is CCCCCCCCCCCCCCCCCCCCCC(=O)O[C@H](COC(=O)CCCCCCCCCCCC(C)C)COP(=O)(O)OC[C@H](O)COP(=O)(O)OC[C@@H](COC(=O)CCCCCCCCCCCCCCCCCCCCC(C)CC)OC(=O)CCCCCCCCCCCCCCCCCCCCC(C)CC. The molecule has 7 atom stereocenters. The largest absolute Gasteiger partial charge is 0.472 e. The summed E-state index contributed by atoms with van der Waals surface area (Å²) in [7, 11) is -9.94. The van der Waals surface area contributed by atoms with Crippen LogP contribution in [0.4, 0.5) is 0 Å². The van der Waals surface area contributed by atoms with Crippen molar-refractivity contribution in [3.63, 3.8) is 0 Å². The van der Waals surface area contributed by atoms with Crippen molar-refractivity contribution in [3.05, 3.63) is 0 Å². The third kappa shape index (κ3) is 86.8. The Morgan fingerprint density at radius 1 is 0.252 bits per heavy atom. The van der Waals surface area contributed by atoms with E-state index in [4.69, 9.17) is 37.0 Å². The summed E-state index contributed by atoms with van der Waals surface area (Å²) in [6.45, 7) is 12.2. The summed E-state index contributed by atoms with van der Waals surface area (Å²) >= 11 is 0. The Hall–Kier alpha value is -1.94. The molecule has 4 unspecified atom stereocenters. The second-order valence-electron chi connectivity index (χ2n) is 35.4. The smallest absolute Gasteiger partial charge is 0.462 e. The number of aliphatic hydroxyl groups excluding tert-OH is 1. The van der Waals surface area contributed by atoms with Crippen molar-refractivity contribution in [2.75, 3.05) is 39.6 Å². The summed E-state index contributed by atoms with van der Waals surface area (Å²) in [5, 5.41) is 10.7. The maximum absolute atomic E-state index is 13.2. The van der Waals surface area contributed by atoms with E-state index in [1.54, 1.807) is 0 Å². The fourth-order valence-corrected chi connectivity index (χ4v) is 16.7. The van der Waals surface area contributed by atoms with Gasteiger partial charge in [0.05, 0.1) is 26.4 Å². The molecule has 3 N–H and O–H groups in total. The van der Waals surface area contributed by atoms with E-state index >= 15 is 0 Å². The van der Waals surface area contributed by atoms with Gasteiger partial charge >= 0.3 is 39.5 Å². The quantitative estimate of drug-likeness (QED) is 0.0222. The van der Waals surface area contributed by atoms with Gasteiger partial charge < -0.3 is 33.8 Å². The molecule has 0 saturated heterocycles. The summed E-state index contributed by atoms with van der Waals surface area (Å²) in [5.74, 6) is 0.396. The lowest BCUT2D eigenvalue weighted by molar-refractivity contribution is -0.161. The van der Waals surface area contributed by atoms with Gasteiger partial charge in [0.1, 0.15) is 19.3 Å². The fraction of sp³-hybridized carbons (Fsp3) is 0.958. The van der Waals surface area contributed by atoms with Crippen molar-refractivity contribution in [2.45, 2.75) is 535 Å². The van der Waals surface area contributed by atoms with E-state index in [9.17, 15) is 43.2 Å². The number of rotatable bonds is 94. The van der Waals surface area contributed by atoms with E-state index in [2.05, 4.69) is 48.5 Å². The molecule has 0 aliphatic rings. The average molecular weight is 1680 g/mol. The second-order valence-corrected chi connectivity index (χ2v) is 38.3. The van der Waals surface area contributed by atoms with Crippen LogP contribution in [0.3, 0.4) is 0 Å². The number of phosphoric acid groups is 2. The molecular weight excluding hydrogens is 1490 g/mol. The Bertz CT molecular complexity index is 2200. The molecule has 0 amide bonds. The molecule has 19 heteroatoms. The Morgan fingerprint density at radius 3 is 0.661 bits per heavy atom. The normalized spacial score (nSPS) is 14.2. The van der Waals surface area contributed by atoms with E-state index in [-0.39, 0.29) is 25.7 Å². The van der Waals surface area contributed by atoms with E-state index < -0.39 is 97.5 Å². The molecule has 0 aliphatic heterocycles. The zero-order valence-corrected chi connectivity index (χ0v) is 78.1. The van der Waals surface area contributed by atoms with E-state index in [0.29, 0.717) is 25.7 Å². The van der Waals surface area contributed by atoms with Crippen LogP contribution in [0.2, 0.25) is 0 Å². The van der Waals surface area contributed by atoms with Crippen LogP contribution in [0.5, 0.6) is 0 Å². The highest BCUT2D eigenvalue weighted by Crippen LogP contribution is 2.45. The van der Waals surface area contributed by atoms with Gasteiger partial charge in [0, 0.05) is 25.7 Å². The minimum Gasteiger partial charge on any atom is -0.462 e. The molecule has 684 valence electrons. The lowest BCUT2D eigenvalue weighted by Gasteiger charge is -2.21. The number of unbranched alkanes of at least 4 members (excludes halogenated alkanes) is 60. The van der Waals surface area contributed by atoms with Crippen LogP contribution in [0, 0.1) is 17.8 Å². The zero-order valence-electron chi connectivity index (χ0n) is 76.3. The van der Waals surface area contributed by atoms with Crippen LogP contribution < -0.4 is 0 Å². The standard InChI is InChI=1S/C96H188O17P2/c1-8-11-12-13-14-15-16-17-18-19-20-28-33-38-43-50-58-65-72-80-96(101)113-92(84-107-94(99)78-71-64-57-52-45-46-53-60-67-74-87(4)5)86-111-115(104,105)109-82-90(97)81-108-114(102,103)110-85-91(112-95(100)79-73-66-59-51-44-39-34-29-24-22-26-31-36-41-48-55-62-69-76-89(7)10-3)83-106-93(98)77-70-63-56-49-42-37-32-27-23-21-25-30-35-40-47-54-61-68-75-88(6)9-2/h87-92,97H,8-86H2,1-7H3,(H,102,103)(H,104,105)/t88?,89?,90-,91-,92-/m1/s1. The van der Waals surface area contributed by atoms with Gasteiger partial charge in [0.25, 0.3) is 0 Å². The van der Waals surface area contributed by atoms with Gasteiger partial charge in [-0.15, -0.1) is 0 Å². The van der Waals surface area contributed by atoms with Crippen molar-refractivity contribution in [2.24, 2.45) is 17.8 Å².